The van der Waals surface area contributed by atoms with Gasteiger partial charge in [0.15, 0.2) is 0 Å². The van der Waals surface area contributed by atoms with Gasteiger partial charge >= 0.3 is 0 Å². The van der Waals surface area contributed by atoms with Crippen molar-refractivity contribution in [2.24, 2.45) is 5.73 Å². The first kappa shape index (κ1) is 16.5. The number of nitrogens with one attached hydrogen (secondary N) is 1. The van der Waals surface area contributed by atoms with Gasteiger partial charge in [0.25, 0.3) is 5.91 Å². The maximum atomic E-state index is 13.1. The lowest BCUT2D eigenvalue weighted by Gasteiger charge is -2.13. The van der Waals surface area contributed by atoms with Crippen LogP contribution in [0.25, 0.3) is 0 Å². The third-order valence-corrected chi connectivity index (χ3v) is 3.17. The summed E-state index contributed by atoms with van der Waals surface area (Å²) in [6, 6.07) is 10.8. The maximum absolute atomic E-state index is 13.1. The Morgan fingerprint density at radius 3 is 2.65 bits per heavy atom. The highest BCUT2D eigenvalue weighted by atomic mass is 19.1. The van der Waals surface area contributed by atoms with Crippen LogP contribution in [0, 0.1) is 12.7 Å². The number of hydrogen-bond acceptors (Lipinski definition) is 3. The van der Waals surface area contributed by atoms with Crippen molar-refractivity contribution < 1.29 is 18.7 Å². The van der Waals surface area contributed by atoms with Crippen molar-refractivity contribution in [1.29, 1.82) is 0 Å². The van der Waals surface area contributed by atoms with E-state index in [2.05, 4.69) is 5.32 Å². The third-order valence-electron chi connectivity index (χ3n) is 3.17. The van der Waals surface area contributed by atoms with Crippen molar-refractivity contribution in [2.45, 2.75) is 13.3 Å². The summed E-state index contributed by atoms with van der Waals surface area (Å²) in [6.07, 6.45) is 0.0827. The molecule has 3 N–H and O–H groups in total. The van der Waals surface area contributed by atoms with E-state index in [1.54, 1.807) is 31.2 Å². The Hall–Kier alpha value is -2.89. The molecule has 2 amide bonds. The molecule has 6 heteroatoms. The van der Waals surface area contributed by atoms with Gasteiger partial charge in [0.1, 0.15) is 11.6 Å². The molecule has 0 aliphatic rings. The molecule has 0 saturated heterocycles. The minimum Gasteiger partial charge on any atom is -0.491 e. The SMILES string of the molecule is Cc1cc(F)ccc1C(=O)Nc1ccccc1OCCC(N)=O. The Morgan fingerprint density at radius 2 is 1.96 bits per heavy atom. The average molecular weight is 316 g/mol. The molecular weight excluding hydrogens is 299 g/mol. The van der Waals surface area contributed by atoms with E-state index in [1.165, 1.54) is 18.2 Å². The molecule has 0 radical (unpaired) electrons. The molecule has 0 spiro atoms. The van der Waals surface area contributed by atoms with Crippen molar-refractivity contribution in [2.75, 3.05) is 11.9 Å². The minimum absolute atomic E-state index is 0.0827. The number of halogens is 1. The molecule has 0 aromatic heterocycles. The molecule has 0 unspecified atom stereocenters. The molecule has 0 aliphatic heterocycles. The molecule has 0 fully saturated rings. The van der Waals surface area contributed by atoms with E-state index in [0.29, 0.717) is 22.6 Å². The summed E-state index contributed by atoms with van der Waals surface area (Å²) in [5.74, 6) is -0.794. The van der Waals surface area contributed by atoms with Gasteiger partial charge in [-0.15, -0.1) is 0 Å². The highest BCUT2D eigenvalue weighted by Crippen LogP contribution is 2.25. The van der Waals surface area contributed by atoms with E-state index in [1.807, 2.05) is 0 Å². The first-order chi connectivity index (χ1) is 11.0. The Kier molecular flexibility index (Phi) is 5.30. The summed E-state index contributed by atoms with van der Waals surface area (Å²) in [6.45, 7) is 1.78. The van der Waals surface area contributed by atoms with Crippen LogP contribution in [0.4, 0.5) is 10.1 Å². The van der Waals surface area contributed by atoms with Crippen LogP contribution in [-0.4, -0.2) is 18.4 Å². The van der Waals surface area contributed by atoms with Crippen molar-refractivity contribution in [3.63, 3.8) is 0 Å². The van der Waals surface area contributed by atoms with E-state index in [-0.39, 0.29) is 18.9 Å². The fraction of sp³-hybridized carbons (Fsp3) is 0.176. The van der Waals surface area contributed by atoms with Crippen LogP contribution in [0.15, 0.2) is 42.5 Å². The molecule has 0 bridgehead atoms. The number of para-hydroxylation sites is 2. The Labute approximate surface area is 133 Å². The van der Waals surface area contributed by atoms with Crippen LogP contribution in [0.3, 0.4) is 0 Å². The highest BCUT2D eigenvalue weighted by Gasteiger charge is 2.12. The van der Waals surface area contributed by atoms with Crippen molar-refractivity contribution in [1.82, 2.24) is 0 Å². The van der Waals surface area contributed by atoms with Gasteiger partial charge in [-0.3, -0.25) is 9.59 Å². The van der Waals surface area contributed by atoms with Gasteiger partial charge in [-0.05, 0) is 42.8 Å². The van der Waals surface area contributed by atoms with E-state index in [4.69, 9.17) is 10.5 Å². The number of carbonyl (C=O) groups is 2. The number of primary amides is 1. The Balaban J connectivity index is 2.13. The minimum atomic E-state index is -0.464. The number of benzene rings is 2. The number of anilines is 1. The van der Waals surface area contributed by atoms with Gasteiger partial charge < -0.3 is 15.8 Å². The summed E-state index contributed by atoms with van der Waals surface area (Å²) < 4.78 is 18.6. The quantitative estimate of drug-likeness (QED) is 0.859. The van der Waals surface area contributed by atoms with E-state index in [9.17, 15) is 14.0 Å². The average Bonchev–Trinajstić information content (AvgIpc) is 2.48. The van der Waals surface area contributed by atoms with Crippen molar-refractivity contribution in [3.8, 4) is 5.75 Å². The van der Waals surface area contributed by atoms with Crippen molar-refractivity contribution in [3.05, 3.63) is 59.4 Å². The normalized spacial score (nSPS) is 10.2. The van der Waals surface area contributed by atoms with Crippen LogP contribution >= 0.6 is 0 Å². The molecule has 0 heterocycles. The van der Waals surface area contributed by atoms with Gasteiger partial charge in [-0.25, -0.2) is 4.39 Å². The van der Waals surface area contributed by atoms with Gasteiger partial charge in [-0.1, -0.05) is 12.1 Å². The van der Waals surface area contributed by atoms with Gasteiger partial charge in [0, 0.05) is 5.56 Å². The Morgan fingerprint density at radius 1 is 1.22 bits per heavy atom. The van der Waals surface area contributed by atoms with Crippen LogP contribution in [0.1, 0.15) is 22.3 Å². The van der Waals surface area contributed by atoms with Crippen LogP contribution in [0.2, 0.25) is 0 Å². The summed E-state index contributed by atoms with van der Waals surface area (Å²) in [5.41, 5.74) is 6.43. The first-order valence-corrected chi connectivity index (χ1v) is 7.05. The fourth-order valence-corrected chi connectivity index (χ4v) is 2.03. The van der Waals surface area contributed by atoms with Gasteiger partial charge in [0.2, 0.25) is 5.91 Å². The van der Waals surface area contributed by atoms with Crippen molar-refractivity contribution >= 4 is 17.5 Å². The van der Waals surface area contributed by atoms with Gasteiger partial charge in [-0.2, -0.15) is 0 Å². The number of amides is 2. The summed E-state index contributed by atoms with van der Waals surface area (Å²) in [7, 11) is 0. The maximum Gasteiger partial charge on any atom is 0.256 e. The molecular formula is C17H17FN2O3. The number of hydrogen-bond donors (Lipinski definition) is 2. The molecule has 0 saturated carbocycles. The molecule has 5 nitrogen and oxygen atoms in total. The summed E-state index contributed by atoms with van der Waals surface area (Å²) >= 11 is 0. The number of ether oxygens (including phenoxy) is 1. The van der Waals surface area contributed by atoms with Crippen LogP contribution in [-0.2, 0) is 4.79 Å². The van der Waals surface area contributed by atoms with Crippen LogP contribution in [0.5, 0.6) is 5.75 Å². The number of nitrogens with two attached hydrogens (primary N) is 1. The zero-order valence-electron chi connectivity index (χ0n) is 12.6. The lowest BCUT2D eigenvalue weighted by Crippen LogP contribution is -2.16. The summed E-state index contributed by atoms with van der Waals surface area (Å²) in [5, 5.41) is 2.72. The van der Waals surface area contributed by atoms with Crippen LogP contribution < -0.4 is 15.8 Å². The monoisotopic (exact) mass is 316 g/mol. The second kappa shape index (κ2) is 7.40. The fourth-order valence-electron chi connectivity index (χ4n) is 2.03. The molecule has 0 atom stereocenters. The lowest BCUT2D eigenvalue weighted by atomic mass is 10.1. The topological polar surface area (TPSA) is 81.4 Å². The lowest BCUT2D eigenvalue weighted by molar-refractivity contribution is -0.118. The predicted octanol–water partition coefficient (Wildman–Crippen LogP) is 2.64. The number of aryl methyl sites for hydroxylation is 1. The number of rotatable bonds is 6. The zero-order chi connectivity index (χ0) is 16.8. The second-order valence-electron chi connectivity index (χ2n) is 4.97. The second-order valence-corrected chi connectivity index (χ2v) is 4.97. The first-order valence-electron chi connectivity index (χ1n) is 7.05. The smallest absolute Gasteiger partial charge is 0.256 e. The van der Waals surface area contributed by atoms with E-state index < -0.39 is 11.7 Å². The molecule has 2 aromatic carbocycles. The predicted molar refractivity (Wildman–Crippen MR) is 84.8 cm³/mol. The van der Waals surface area contributed by atoms with E-state index in [0.717, 1.165) is 0 Å². The third kappa shape index (κ3) is 4.54. The number of carbonyl (C=O) groups excluding carboxylic acids is 2. The molecule has 2 rings (SSSR count). The molecule has 120 valence electrons. The molecule has 0 aliphatic carbocycles. The molecule has 23 heavy (non-hydrogen) atoms. The zero-order valence-corrected chi connectivity index (χ0v) is 12.6. The molecule has 2 aromatic rings. The highest BCUT2D eigenvalue weighted by molar-refractivity contribution is 6.05. The summed E-state index contributed by atoms with van der Waals surface area (Å²) in [4.78, 5) is 23.1. The van der Waals surface area contributed by atoms with E-state index >= 15 is 0 Å². The standard InChI is InChI=1S/C17H17FN2O3/c1-11-10-12(18)6-7-13(11)17(22)20-14-4-2-3-5-15(14)23-9-8-16(19)21/h2-7,10H,8-9H2,1H3,(H2,19,21)(H,20,22). The van der Waals surface area contributed by atoms with Gasteiger partial charge in [0.05, 0.1) is 18.7 Å². The largest absolute Gasteiger partial charge is 0.491 e. The Bertz CT molecular complexity index is 732.